The number of aromatic nitrogens is 3. The molecule has 0 saturated carbocycles. The molecule has 1 aliphatic rings. The number of hydrogen-bond donors (Lipinski definition) is 0. The summed E-state index contributed by atoms with van der Waals surface area (Å²) < 4.78 is 7.46. The Balaban J connectivity index is 1.82. The van der Waals surface area contributed by atoms with Crippen LogP contribution < -0.4 is 0 Å². The van der Waals surface area contributed by atoms with Gasteiger partial charge in [-0.3, -0.25) is 4.57 Å². The van der Waals surface area contributed by atoms with Crippen LogP contribution in [0.15, 0.2) is 54.9 Å². The molecular weight excluding hydrogens is 250 g/mol. The highest BCUT2D eigenvalue weighted by atomic mass is 16.5. The monoisotopic (exact) mass is 263 g/mol. The smallest absolute Gasteiger partial charge is 0.168 e. The number of rotatable bonds is 2. The summed E-state index contributed by atoms with van der Waals surface area (Å²) in [6, 6.07) is 16.4. The van der Waals surface area contributed by atoms with Gasteiger partial charge in [0.15, 0.2) is 5.82 Å². The van der Waals surface area contributed by atoms with E-state index >= 15 is 0 Å². The van der Waals surface area contributed by atoms with E-state index in [1.807, 2.05) is 34.9 Å². The average molecular weight is 263 g/mol. The third kappa shape index (κ3) is 1.82. The fraction of sp³-hybridized carbons (Fsp3) is 0.125. The lowest BCUT2D eigenvalue weighted by molar-refractivity contribution is 0.134. The third-order valence-electron chi connectivity index (χ3n) is 3.56. The minimum Gasteiger partial charge on any atom is -0.372 e. The molecule has 4 heteroatoms. The van der Waals surface area contributed by atoms with Gasteiger partial charge in [0, 0.05) is 11.3 Å². The Morgan fingerprint density at radius 2 is 1.80 bits per heavy atom. The van der Waals surface area contributed by atoms with Crippen LogP contribution in [0.5, 0.6) is 0 Å². The van der Waals surface area contributed by atoms with Gasteiger partial charge in [-0.1, -0.05) is 30.3 Å². The molecule has 20 heavy (non-hydrogen) atoms. The molecule has 0 saturated heterocycles. The van der Waals surface area contributed by atoms with E-state index < -0.39 is 0 Å². The molecule has 2 heterocycles. The number of ether oxygens (including phenoxy) is 1. The molecule has 0 radical (unpaired) electrons. The van der Waals surface area contributed by atoms with Crippen LogP contribution in [0, 0.1) is 0 Å². The summed E-state index contributed by atoms with van der Waals surface area (Å²) in [5.74, 6) is 0.853. The lowest BCUT2D eigenvalue weighted by Gasteiger charge is -2.07. The second-order valence-corrected chi connectivity index (χ2v) is 4.84. The molecule has 1 aromatic heterocycles. The molecule has 0 bridgehead atoms. The second kappa shape index (κ2) is 4.58. The van der Waals surface area contributed by atoms with Gasteiger partial charge in [-0.15, -0.1) is 10.2 Å². The van der Waals surface area contributed by atoms with Crippen molar-refractivity contribution in [3.63, 3.8) is 0 Å². The highest BCUT2D eigenvalue weighted by molar-refractivity contribution is 5.60. The molecule has 3 aromatic rings. The molecule has 0 N–H and O–H groups in total. The van der Waals surface area contributed by atoms with E-state index in [-0.39, 0.29) is 0 Å². The lowest BCUT2D eigenvalue weighted by atomic mass is 10.1. The summed E-state index contributed by atoms with van der Waals surface area (Å²) in [6.07, 6.45) is 1.74. The lowest BCUT2D eigenvalue weighted by Crippen LogP contribution is -1.96. The molecular formula is C16H13N3O. The maximum absolute atomic E-state index is 5.46. The molecule has 2 aromatic carbocycles. The van der Waals surface area contributed by atoms with Crippen molar-refractivity contribution in [3.05, 3.63) is 66.0 Å². The molecule has 4 rings (SSSR count). The molecule has 0 fully saturated rings. The van der Waals surface area contributed by atoms with E-state index in [1.165, 1.54) is 11.1 Å². The number of fused-ring (bicyclic) bond motifs is 1. The quantitative estimate of drug-likeness (QED) is 0.713. The predicted octanol–water partition coefficient (Wildman–Crippen LogP) is 2.96. The van der Waals surface area contributed by atoms with Crippen LogP contribution >= 0.6 is 0 Å². The summed E-state index contributed by atoms with van der Waals surface area (Å²) >= 11 is 0. The van der Waals surface area contributed by atoms with E-state index in [4.69, 9.17) is 4.74 Å². The summed E-state index contributed by atoms with van der Waals surface area (Å²) in [5, 5.41) is 8.31. The molecule has 0 amide bonds. The molecule has 0 spiro atoms. The van der Waals surface area contributed by atoms with Crippen molar-refractivity contribution in [1.82, 2.24) is 14.8 Å². The minimum absolute atomic E-state index is 0.683. The van der Waals surface area contributed by atoms with E-state index in [1.54, 1.807) is 6.33 Å². The Kier molecular flexibility index (Phi) is 2.60. The van der Waals surface area contributed by atoms with Crippen LogP contribution in [0.2, 0.25) is 0 Å². The van der Waals surface area contributed by atoms with Crippen LogP contribution in [-0.4, -0.2) is 14.8 Å². The second-order valence-electron chi connectivity index (χ2n) is 4.84. The van der Waals surface area contributed by atoms with Crippen LogP contribution in [-0.2, 0) is 18.0 Å². The third-order valence-corrected chi connectivity index (χ3v) is 3.56. The summed E-state index contributed by atoms with van der Waals surface area (Å²) in [6.45, 7) is 1.39. The van der Waals surface area contributed by atoms with Gasteiger partial charge < -0.3 is 4.74 Å². The van der Waals surface area contributed by atoms with Gasteiger partial charge in [0.05, 0.1) is 13.2 Å². The van der Waals surface area contributed by atoms with Gasteiger partial charge in [-0.25, -0.2) is 0 Å². The fourth-order valence-corrected chi connectivity index (χ4v) is 2.52. The minimum atomic E-state index is 0.683. The zero-order valence-corrected chi connectivity index (χ0v) is 10.9. The zero-order valence-electron chi connectivity index (χ0n) is 10.9. The van der Waals surface area contributed by atoms with E-state index in [0.717, 1.165) is 17.1 Å². The van der Waals surface area contributed by atoms with Gasteiger partial charge in [0.2, 0.25) is 0 Å². The highest BCUT2D eigenvalue weighted by Gasteiger charge is 2.15. The van der Waals surface area contributed by atoms with Crippen molar-refractivity contribution in [2.75, 3.05) is 0 Å². The highest BCUT2D eigenvalue weighted by Crippen LogP contribution is 2.27. The van der Waals surface area contributed by atoms with E-state index in [2.05, 4.69) is 28.4 Å². The Morgan fingerprint density at radius 1 is 0.950 bits per heavy atom. The van der Waals surface area contributed by atoms with Gasteiger partial charge in [-0.05, 0) is 29.3 Å². The predicted molar refractivity (Wildman–Crippen MR) is 75.3 cm³/mol. The molecule has 0 aliphatic carbocycles. The van der Waals surface area contributed by atoms with Gasteiger partial charge in [0.1, 0.15) is 6.33 Å². The molecule has 98 valence electrons. The van der Waals surface area contributed by atoms with Crippen molar-refractivity contribution in [2.45, 2.75) is 13.2 Å². The summed E-state index contributed by atoms with van der Waals surface area (Å²) in [5.41, 5.74) is 4.63. The first-order valence-electron chi connectivity index (χ1n) is 6.57. The Bertz CT molecular complexity index is 749. The molecule has 4 nitrogen and oxygen atoms in total. The molecule has 0 unspecified atom stereocenters. The topological polar surface area (TPSA) is 39.9 Å². The van der Waals surface area contributed by atoms with E-state index in [9.17, 15) is 0 Å². The Morgan fingerprint density at radius 3 is 2.70 bits per heavy atom. The average Bonchev–Trinajstić information content (AvgIpc) is 3.16. The van der Waals surface area contributed by atoms with Gasteiger partial charge in [-0.2, -0.15) is 0 Å². The Hall–Kier alpha value is -2.46. The fourth-order valence-electron chi connectivity index (χ4n) is 2.52. The Labute approximate surface area is 116 Å². The van der Waals surface area contributed by atoms with Crippen LogP contribution in [0.25, 0.3) is 17.1 Å². The van der Waals surface area contributed by atoms with Crippen molar-refractivity contribution in [2.24, 2.45) is 0 Å². The molecule has 0 atom stereocenters. The number of benzene rings is 2. The van der Waals surface area contributed by atoms with Crippen molar-refractivity contribution in [1.29, 1.82) is 0 Å². The summed E-state index contributed by atoms with van der Waals surface area (Å²) in [4.78, 5) is 0. The summed E-state index contributed by atoms with van der Waals surface area (Å²) in [7, 11) is 0. The first-order valence-corrected chi connectivity index (χ1v) is 6.57. The van der Waals surface area contributed by atoms with Gasteiger partial charge >= 0.3 is 0 Å². The van der Waals surface area contributed by atoms with Gasteiger partial charge in [0.25, 0.3) is 0 Å². The first-order chi connectivity index (χ1) is 9.92. The van der Waals surface area contributed by atoms with E-state index in [0.29, 0.717) is 13.2 Å². The number of para-hydroxylation sites is 1. The van der Waals surface area contributed by atoms with Crippen LogP contribution in [0.1, 0.15) is 11.1 Å². The maximum atomic E-state index is 5.46. The van der Waals surface area contributed by atoms with Crippen molar-refractivity contribution in [3.8, 4) is 17.1 Å². The zero-order chi connectivity index (χ0) is 13.4. The van der Waals surface area contributed by atoms with Crippen LogP contribution in [0.4, 0.5) is 0 Å². The number of hydrogen-bond acceptors (Lipinski definition) is 3. The van der Waals surface area contributed by atoms with Crippen molar-refractivity contribution < 1.29 is 4.74 Å². The normalized spacial score (nSPS) is 13.4. The maximum Gasteiger partial charge on any atom is 0.168 e. The largest absolute Gasteiger partial charge is 0.372 e. The standard InChI is InChI=1S/C16H13N3O/c1-2-4-15(5-3-1)19-11-17-18-16(19)12-6-7-13-9-20-10-14(13)8-12/h1-8,11H,9-10H2. The molecule has 1 aliphatic heterocycles. The van der Waals surface area contributed by atoms with Crippen molar-refractivity contribution >= 4 is 0 Å². The van der Waals surface area contributed by atoms with Crippen LogP contribution in [0.3, 0.4) is 0 Å². The first kappa shape index (κ1) is 11.4. The number of nitrogens with zero attached hydrogens (tertiary/aromatic N) is 3. The SMILES string of the molecule is c1ccc(-n2cnnc2-c2ccc3c(c2)COC3)cc1.